The van der Waals surface area contributed by atoms with Crippen molar-refractivity contribution in [2.75, 3.05) is 12.9 Å². The molecule has 16 heavy (non-hydrogen) atoms. The molecule has 0 saturated carbocycles. The zero-order valence-corrected chi connectivity index (χ0v) is 10.4. The van der Waals surface area contributed by atoms with Crippen LogP contribution in [0.25, 0.3) is 0 Å². The van der Waals surface area contributed by atoms with E-state index in [9.17, 15) is 4.79 Å². The molecular weight excluding hydrogens is 228 g/mol. The first-order valence-electron chi connectivity index (χ1n) is 4.95. The number of esters is 1. The fourth-order valence-electron chi connectivity index (χ4n) is 1.15. The van der Waals surface area contributed by atoms with Gasteiger partial charge >= 0.3 is 5.97 Å². The third-order valence-electron chi connectivity index (χ3n) is 1.80. The van der Waals surface area contributed by atoms with Crippen molar-refractivity contribution in [2.45, 2.75) is 31.1 Å². The number of aromatic amines is 1. The normalized spacial score (nSPS) is 12.8. The van der Waals surface area contributed by atoms with E-state index < -0.39 is 0 Å². The van der Waals surface area contributed by atoms with Gasteiger partial charge < -0.3 is 10.1 Å². The quantitative estimate of drug-likeness (QED) is 0.558. The zero-order chi connectivity index (χ0) is 12.0. The van der Waals surface area contributed by atoms with E-state index in [1.54, 1.807) is 0 Å². The molecule has 0 aliphatic heterocycles. The molecule has 1 aromatic rings. The molecule has 0 radical (unpaired) electrons. The Hall–Kier alpha value is -1.08. The van der Waals surface area contributed by atoms with Gasteiger partial charge in [0.2, 0.25) is 0 Å². The number of rotatable bonds is 6. The van der Waals surface area contributed by atoms with Gasteiger partial charge in [0.15, 0.2) is 5.16 Å². The molecule has 0 aromatic carbocycles. The monoisotopic (exact) mass is 244 g/mol. The van der Waals surface area contributed by atoms with Crippen molar-refractivity contribution in [1.29, 1.82) is 0 Å². The molecule has 7 heteroatoms. The van der Waals surface area contributed by atoms with Crippen LogP contribution in [0, 0.1) is 0 Å². The van der Waals surface area contributed by atoms with Crippen LogP contribution in [0.15, 0.2) is 11.5 Å². The lowest BCUT2D eigenvalue weighted by Crippen LogP contribution is -2.43. The molecule has 6 nitrogen and oxygen atoms in total. The van der Waals surface area contributed by atoms with Crippen molar-refractivity contribution < 1.29 is 9.53 Å². The Labute approximate surface area is 98.6 Å². The number of H-pyrrole nitrogens is 1. The van der Waals surface area contributed by atoms with Gasteiger partial charge in [-0.3, -0.25) is 9.89 Å². The Balaban J connectivity index is 2.46. The molecule has 1 heterocycles. The van der Waals surface area contributed by atoms with Crippen molar-refractivity contribution in [2.24, 2.45) is 0 Å². The van der Waals surface area contributed by atoms with Gasteiger partial charge in [0.1, 0.15) is 12.4 Å². The van der Waals surface area contributed by atoms with Crippen molar-refractivity contribution in [3.05, 3.63) is 6.33 Å². The van der Waals surface area contributed by atoms with Crippen LogP contribution in [0.4, 0.5) is 0 Å². The van der Waals surface area contributed by atoms with Gasteiger partial charge in [0.05, 0.1) is 7.11 Å². The largest absolute Gasteiger partial charge is 0.468 e. The molecule has 0 saturated heterocycles. The van der Waals surface area contributed by atoms with Crippen LogP contribution >= 0.6 is 11.8 Å². The first-order chi connectivity index (χ1) is 7.63. The summed E-state index contributed by atoms with van der Waals surface area (Å²) >= 11 is 1.43. The number of nitrogens with one attached hydrogen (secondary N) is 2. The minimum Gasteiger partial charge on any atom is -0.468 e. The lowest BCUT2D eigenvalue weighted by atomic mass is 10.3. The summed E-state index contributed by atoms with van der Waals surface area (Å²) in [4.78, 5) is 15.4. The van der Waals surface area contributed by atoms with Crippen molar-refractivity contribution in [3.63, 3.8) is 0 Å². The van der Waals surface area contributed by atoms with Gasteiger partial charge in [-0.15, -0.1) is 0 Å². The topological polar surface area (TPSA) is 79.9 Å². The summed E-state index contributed by atoms with van der Waals surface area (Å²) in [6.07, 6.45) is 1.44. The van der Waals surface area contributed by atoms with Gasteiger partial charge in [0.25, 0.3) is 0 Å². The number of hydrogen-bond acceptors (Lipinski definition) is 6. The third kappa shape index (κ3) is 4.19. The number of aromatic nitrogens is 3. The molecule has 90 valence electrons. The molecule has 1 atom stereocenters. The van der Waals surface area contributed by atoms with Crippen LogP contribution in [0.1, 0.15) is 13.8 Å². The number of thioether (sulfide) groups is 1. The van der Waals surface area contributed by atoms with Gasteiger partial charge in [-0.1, -0.05) is 25.6 Å². The van der Waals surface area contributed by atoms with Crippen LogP contribution in [0.5, 0.6) is 0 Å². The molecule has 0 spiro atoms. The maximum atomic E-state index is 11.5. The van der Waals surface area contributed by atoms with E-state index in [1.807, 2.05) is 13.8 Å². The number of hydrogen-bond donors (Lipinski definition) is 2. The van der Waals surface area contributed by atoms with Gasteiger partial charge in [-0.2, -0.15) is 5.10 Å². The first kappa shape index (κ1) is 13.0. The Morgan fingerprint density at radius 2 is 2.44 bits per heavy atom. The molecule has 0 amide bonds. The second-order valence-electron chi connectivity index (χ2n) is 3.50. The minimum absolute atomic E-state index is 0.222. The van der Waals surface area contributed by atoms with Crippen LogP contribution in [0.3, 0.4) is 0 Å². The standard InChI is InChI=1S/C9H16N4O2S/c1-6(2)12-7(8(14)15-3)4-16-9-10-5-11-13-9/h5-7,12H,4H2,1-3H3,(H,10,11,13). The Morgan fingerprint density at radius 1 is 1.69 bits per heavy atom. The Bertz CT molecular complexity index is 315. The number of methoxy groups -OCH3 is 1. The maximum Gasteiger partial charge on any atom is 0.323 e. The lowest BCUT2D eigenvalue weighted by Gasteiger charge is -2.17. The van der Waals surface area contributed by atoms with E-state index in [0.29, 0.717) is 10.9 Å². The SMILES string of the molecule is COC(=O)C(CSc1ncn[nH]1)NC(C)C. The predicted octanol–water partition coefficient (Wildman–Crippen LogP) is 0.436. The van der Waals surface area contributed by atoms with Crippen molar-refractivity contribution in [1.82, 2.24) is 20.5 Å². The third-order valence-corrected chi connectivity index (χ3v) is 2.77. The van der Waals surface area contributed by atoms with E-state index in [2.05, 4.69) is 20.5 Å². The summed E-state index contributed by atoms with van der Waals surface area (Å²) in [7, 11) is 1.39. The van der Waals surface area contributed by atoms with Gasteiger partial charge in [0, 0.05) is 11.8 Å². The summed E-state index contributed by atoms with van der Waals surface area (Å²) in [5.74, 6) is 0.292. The molecule has 1 aromatic heterocycles. The fourth-order valence-corrected chi connectivity index (χ4v) is 1.95. The number of carbonyl (C=O) groups excluding carboxylic acids is 1. The van der Waals surface area contributed by atoms with E-state index in [0.717, 1.165) is 0 Å². The van der Waals surface area contributed by atoms with E-state index in [1.165, 1.54) is 25.2 Å². The summed E-state index contributed by atoms with van der Waals surface area (Å²) in [6.45, 7) is 3.96. The summed E-state index contributed by atoms with van der Waals surface area (Å²) in [5, 5.41) is 10.3. The lowest BCUT2D eigenvalue weighted by molar-refractivity contribution is -0.142. The van der Waals surface area contributed by atoms with E-state index in [-0.39, 0.29) is 18.1 Å². The summed E-state index contributed by atoms with van der Waals surface area (Å²) < 4.78 is 4.72. The molecule has 2 N–H and O–H groups in total. The fraction of sp³-hybridized carbons (Fsp3) is 0.667. The van der Waals surface area contributed by atoms with Crippen LogP contribution in [-0.4, -0.2) is 46.1 Å². The molecule has 1 unspecified atom stereocenters. The number of nitrogens with zero attached hydrogens (tertiary/aromatic N) is 2. The zero-order valence-electron chi connectivity index (χ0n) is 9.56. The second kappa shape index (κ2) is 6.49. The molecule has 1 rings (SSSR count). The Morgan fingerprint density at radius 3 is 2.94 bits per heavy atom. The van der Waals surface area contributed by atoms with Gasteiger partial charge in [-0.05, 0) is 0 Å². The molecule has 0 fully saturated rings. The van der Waals surface area contributed by atoms with Crippen LogP contribution < -0.4 is 5.32 Å². The molecule has 0 bridgehead atoms. The average Bonchev–Trinajstić information content (AvgIpc) is 2.75. The highest BCUT2D eigenvalue weighted by atomic mass is 32.2. The van der Waals surface area contributed by atoms with Crippen LogP contribution in [-0.2, 0) is 9.53 Å². The molecule has 0 aliphatic carbocycles. The highest BCUT2D eigenvalue weighted by Gasteiger charge is 2.20. The second-order valence-corrected chi connectivity index (χ2v) is 4.51. The predicted molar refractivity (Wildman–Crippen MR) is 61.2 cm³/mol. The first-order valence-corrected chi connectivity index (χ1v) is 5.94. The number of carbonyl (C=O) groups is 1. The van der Waals surface area contributed by atoms with E-state index in [4.69, 9.17) is 4.74 Å². The highest BCUT2D eigenvalue weighted by Crippen LogP contribution is 2.13. The summed E-state index contributed by atoms with van der Waals surface area (Å²) in [5.41, 5.74) is 0. The van der Waals surface area contributed by atoms with Crippen molar-refractivity contribution >= 4 is 17.7 Å². The minimum atomic E-state index is -0.333. The maximum absolute atomic E-state index is 11.5. The Kier molecular flexibility index (Phi) is 5.27. The number of ether oxygens (including phenoxy) is 1. The molecule has 0 aliphatic rings. The van der Waals surface area contributed by atoms with Crippen LogP contribution in [0.2, 0.25) is 0 Å². The highest BCUT2D eigenvalue weighted by molar-refractivity contribution is 7.99. The van der Waals surface area contributed by atoms with Crippen molar-refractivity contribution in [3.8, 4) is 0 Å². The van der Waals surface area contributed by atoms with Gasteiger partial charge in [-0.25, -0.2) is 4.98 Å². The van der Waals surface area contributed by atoms with E-state index >= 15 is 0 Å². The molecular formula is C9H16N4O2S. The average molecular weight is 244 g/mol. The summed E-state index contributed by atoms with van der Waals surface area (Å²) in [6, 6.07) is -0.112. The smallest absolute Gasteiger partial charge is 0.323 e.